The van der Waals surface area contributed by atoms with Crippen LogP contribution in [0.25, 0.3) is 0 Å². The monoisotopic (exact) mass is 233 g/mol. The third kappa shape index (κ3) is 2.25. The first-order valence-electron chi connectivity index (χ1n) is 5.88. The zero-order valence-corrected chi connectivity index (χ0v) is 10.9. The van der Waals surface area contributed by atoms with Gasteiger partial charge in [-0.1, -0.05) is 20.8 Å². The summed E-state index contributed by atoms with van der Waals surface area (Å²) in [6.45, 7) is 7.95. The number of nitrogens with zero attached hydrogens (tertiary/aromatic N) is 3. The Bertz CT molecular complexity index is 437. The molecule has 0 bridgehead atoms. The molecular weight excluding hydrogens is 214 g/mol. The fourth-order valence-corrected chi connectivity index (χ4v) is 1.87. The first-order valence-corrected chi connectivity index (χ1v) is 5.88. The Hall–Kier alpha value is -1.58. The predicted molar refractivity (Wildman–Crippen MR) is 68.3 cm³/mol. The Balaban J connectivity index is 2.31. The smallest absolute Gasteiger partial charge is 0.324 e. The number of likely N-dealkylation sites (N-methyl/N-ethyl adjacent to an activating group) is 1. The number of aromatic nitrogens is 1. The van der Waals surface area contributed by atoms with Gasteiger partial charge in [0.25, 0.3) is 0 Å². The Morgan fingerprint density at radius 3 is 2.47 bits per heavy atom. The van der Waals surface area contributed by atoms with Crippen LogP contribution >= 0.6 is 0 Å². The summed E-state index contributed by atoms with van der Waals surface area (Å²) >= 11 is 0. The number of hydrogen-bond donors (Lipinski definition) is 0. The van der Waals surface area contributed by atoms with Crippen LogP contribution in [0.1, 0.15) is 26.3 Å². The minimum Gasteiger partial charge on any atom is -0.326 e. The number of urea groups is 1. The molecule has 17 heavy (non-hydrogen) atoms. The highest BCUT2D eigenvalue weighted by Crippen LogP contribution is 2.26. The van der Waals surface area contributed by atoms with Gasteiger partial charge in [0.05, 0.1) is 11.9 Å². The van der Waals surface area contributed by atoms with Crippen molar-refractivity contribution >= 4 is 11.7 Å². The quantitative estimate of drug-likeness (QED) is 0.746. The highest BCUT2D eigenvalue weighted by Gasteiger charge is 2.27. The van der Waals surface area contributed by atoms with Gasteiger partial charge in [-0.05, 0) is 17.0 Å². The van der Waals surface area contributed by atoms with Crippen molar-refractivity contribution in [3.05, 3.63) is 24.0 Å². The van der Waals surface area contributed by atoms with Gasteiger partial charge in [-0.2, -0.15) is 0 Å². The molecule has 0 aromatic carbocycles. The SMILES string of the molecule is CN1CCN(c2cncc(C(C)(C)C)c2)C1=O. The van der Waals surface area contributed by atoms with Crippen molar-refractivity contribution in [3.8, 4) is 0 Å². The van der Waals surface area contributed by atoms with Crippen LogP contribution in [0.4, 0.5) is 10.5 Å². The van der Waals surface area contributed by atoms with E-state index in [1.54, 1.807) is 16.0 Å². The maximum atomic E-state index is 11.9. The molecule has 1 aromatic rings. The molecule has 4 heteroatoms. The first kappa shape index (κ1) is 11.9. The van der Waals surface area contributed by atoms with E-state index >= 15 is 0 Å². The fraction of sp³-hybridized carbons (Fsp3) is 0.538. The predicted octanol–water partition coefficient (Wildman–Crippen LogP) is 2.25. The molecule has 0 unspecified atom stereocenters. The lowest BCUT2D eigenvalue weighted by atomic mass is 9.88. The number of hydrogen-bond acceptors (Lipinski definition) is 2. The summed E-state index contributed by atoms with van der Waals surface area (Å²) in [6, 6.07) is 2.11. The van der Waals surface area contributed by atoms with Gasteiger partial charge < -0.3 is 4.90 Å². The van der Waals surface area contributed by atoms with Gasteiger partial charge in [0.15, 0.2) is 0 Å². The van der Waals surface area contributed by atoms with E-state index in [1.165, 1.54) is 0 Å². The second-order valence-electron chi connectivity index (χ2n) is 5.54. The highest BCUT2D eigenvalue weighted by molar-refractivity contribution is 5.93. The van der Waals surface area contributed by atoms with E-state index in [0.717, 1.165) is 24.3 Å². The van der Waals surface area contributed by atoms with Gasteiger partial charge in [0.1, 0.15) is 0 Å². The maximum Gasteiger partial charge on any atom is 0.324 e. The second-order valence-corrected chi connectivity index (χ2v) is 5.54. The standard InChI is InChI=1S/C13H19N3O/c1-13(2,3)10-7-11(9-14-8-10)16-6-5-15(4)12(16)17/h7-9H,5-6H2,1-4H3. The minimum atomic E-state index is 0.0533. The number of anilines is 1. The van der Waals surface area contributed by atoms with Crippen LogP contribution in [0.2, 0.25) is 0 Å². The first-order chi connectivity index (χ1) is 7.89. The normalized spacial score (nSPS) is 16.8. The van der Waals surface area contributed by atoms with Crippen LogP contribution in [-0.4, -0.2) is 36.1 Å². The second kappa shape index (κ2) is 4.02. The Labute approximate surface area is 102 Å². The van der Waals surface area contributed by atoms with Crippen molar-refractivity contribution < 1.29 is 4.79 Å². The lowest BCUT2D eigenvalue weighted by Crippen LogP contribution is -2.29. The van der Waals surface area contributed by atoms with Gasteiger partial charge in [0.2, 0.25) is 0 Å². The molecule has 0 radical (unpaired) electrons. The molecule has 0 aliphatic carbocycles. The molecule has 1 aliphatic heterocycles. The topological polar surface area (TPSA) is 36.4 Å². The number of amides is 2. The molecule has 1 saturated heterocycles. The molecule has 0 spiro atoms. The molecule has 92 valence electrons. The van der Waals surface area contributed by atoms with Gasteiger partial charge in [-0.3, -0.25) is 9.88 Å². The lowest BCUT2D eigenvalue weighted by molar-refractivity contribution is 0.229. The van der Waals surface area contributed by atoms with Gasteiger partial charge in [-0.15, -0.1) is 0 Å². The molecule has 1 fully saturated rings. The van der Waals surface area contributed by atoms with Gasteiger partial charge in [0, 0.05) is 26.3 Å². The number of rotatable bonds is 1. The molecular formula is C13H19N3O. The summed E-state index contributed by atoms with van der Waals surface area (Å²) in [4.78, 5) is 19.6. The fourth-order valence-electron chi connectivity index (χ4n) is 1.87. The third-order valence-corrected chi connectivity index (χ3v) is 3.12. The van der Waals surface area contributed by atoms with E-state index in [1.807, 2.05) is 13.2 Å². The van der Waals surface area contributed by atoms with Crippen molar-refractivity contribution in [2.24, 2.45) is 0 Å². The average molecular weight is 233 g/mol. The number of carbonyl (C=O) groups excluding carboxylic acids is 1. The van der Waals surface area contributed by atoms with Crippen LogP contribution in [0.3, 0.4) is 0 Å². The van der Waals surface area contributed by atoms with Crippen molar-refractivity contribution in [3.63, 3.8) is 0 Å². The summed E-state index contributed by atoms with van der Waals surface area (Å²) in [6.07, 6.45) is 3.63. The van der Waals surface area contributed by atoms with Crippen LogP contribution in [0, 0.1) is 0 Å². The summed E-state index contributed by atoms with van der Waals surface area (Å²) in [5, 5.41) is 0. The molecule has 4 nitrogen and oxygen atoms in total. The van der Waals surface area contributed by atoms with Crippen LogP contribution in [0.15, 0.2) is 18.5 Å². The molecule has 0 saturated carbocycles. The molecule has 0 atom stereocenters. The third-order valence-electron chi connectivity index (χ3n) is 3.12. The van der Waals surface area contributed by atoms with Crippen molar-refractivity contribution in [1.29, 1.82) is 0 Å². The Morgan fingerprint density at radius 2 is 1.94 bits per heavy atom. The van der Waals surface area contributed by atoms with E-state index in [9.17, 15) is 4.79 Å². The minimum absolute atomic E-state index is 0.0533. The van der Waals surface area contributed by atoms with Crippen molar-refractivity contribution in [2.45, 2.75) is 26.2 Å². The number of carbonyl (C=O) groups is 1. The zero-order chi connectivity index (χ0) is 12.6. The van der Waals surface area contributed by atoms with Crippen molar-refractivity contribution in [1.82, 2.24) is 9.88 Å². The van der Waals surface area contributed by atoms with E-state index in [4.69, 9.17) is 0 Å². The molecule has 0 N–H and O–H groups in total. The van der Waals surface area contributed by atoms with E-state index in [0.29, 0.717) is 0 Å². The molecule has 2 heterocycles. The van der Waals surface area contributed by atoms with Crippen LogP contribution in [0.5, 0.6) is 0 Å². The van der Waals surface area contributed by atoms with Crippen LogP contribution in [-0.2, 0) is 5.41 Å². The average Bonchev–Trinajstić information content (AvgIpc) is 2.59. The molecule has 2 rings (SSSR count). The Morgan fingerprint density at radius 1 is 1.24 bits per heavy atom. The summed E-state index contributed by atoms with van der Waals surface area (Å²) in [5.41, 5.74) is 2.10. The van der Waals surface area contributed by atoms with Gasteiger partial charge in [-0.25, -0.2) is 4.79 Å². The highest BCUT2D eigenvalue weighted by atomic mass is 16.2. The zero-order valence-electron chi connectivity index (χ0n) is 10.9. The molecule has 1 aliphatic rings. The summed E-state index contributed by atoms with van der Waals surface area (Å²) in [5.74, 6) is 0. The van der Waals surface area contributed by atoms with E-state index < -0.39 is 0 Å². The molecule has 2 amide bonds. The molecule has 1 aromatic heterocycles. The maximum absolute atomic E-state index is 11.9. The summed E-state index contributed by atoms with van der Waals surface area (Å²) < 4.78 is 0. The van der Waals surface area contributed by atoms with Gasteiger partial charge >= 0.3 is 6.03 Å². The lowest BCUT2D eigenvalue weighted by Gasteiger charge is -2.22. The van der Waals surface area contributed by atoms with Crippen molar-refractivity contribution in [2.75, 3.05) is 25.0 Å². The largest absolute Gasteiger partial charge is 0.326 e. The van der Waals surface area contributed by atoms with E-state index in [2.05, 4.69) is 31.8 Å². The Kier molecular flexibility index (Phi) is 2.81. The number of pyridine rings is 1. The van der Waals surface area contributed by atoms with Crippen LogP contribution < -0.4 is 4.90 Å². The van der Waals surface area contributed by atoms with E-state index in [-0.39, 0.29) is 11.4 Å². The summed E-state index contributed by atoms with van der Waals surface area (Å²) in [7, 11) is 1.82.